The summed E-state index contributed by atoms with van der Waals surface area (Å²) in [4.78, 5) is 2.21. The molecule has 2 rings (SSSR count). The lowest BCUT2D eigenvalue weighted by molar-refractivity contribution is 0.278. The highest BCUT2D eigenvalue weighted by Gasteiger charge is 2.27. The van der Waals surface area contributed by atoms with Crippen molar-refractivity contribution in [3.63, 3.8) is 0 Å². The van der Waals surface area contributed by atoms with Crippen molar-refractivity contribution >= 4 is 5.69 Å². The second kappa shape index (κ2) is 6.13. The Balaban J connectivity index is 2.22. The van der Waals surface area contributed by atoms with Gasteiger partial charge in [0.2, 0.25) is 0 Å². The number of piperidine rings is 1. The predicted molar refractivity (Wildman–Crippen MR) is 83.6 cm³/mol. The van der Waals surface area contributed by atoms with E-state index in [1.54, 1.807) is 12.1 Å². The highest BCUT2D eigenvalue weighted by atomic mass is 19.1. The molecular weight excluding hydrogens is 251 g/mol. The number of nitrogens with zero attached hydrogens (tertiary/aromatic N) is 1. The van der Waals surface area contributed by atoms with Gasteiger partial charge < -0.3 is 10.6 Å². The van der Waals surface area contributed by atoms with Crippen LogP contribution >= 0.6 is 0 Å². The van der Waals surface area contributed by atoms with Crippen LogP contribution < -0.4 is 10.6 Å². The van der Waals surface area contributed by atoms with Gasteiger partial charge in [0.05, 0.1) is 5.69 Å². The number of anilines is 1. The van der Waals surface area contributed by atoms with Crippen molar-refractivity contribution in [1.82, 2.24) is 0 Å². The van der Waals surface area contributed by atoms with Crippen LogP contribution in [0.1, 0.15) is 45.6 Å². The molecule has 2 N–H and O–H groups in total. The molecule has 1 aliphatic rings. The summed E-state index contributed by atoms with van der Waals surface area (Å²) in [7, 11) is 0. The van der Waals surface area contributed by atoms with Gasteiger partial charge in [-0.05, 0) is 42.7 Å². The maximum Gasteiger partial charge on any atom is 0.146 e. The number of benzene rings is 1. The molecule has 1 aromatic carbocycles. The van der Waals surface area contributed by atoms with E-state index in [2.05, 4.69) is 25.7 Å². The second-order valence-corrected chi connectivity index (χ2v) is 6.77. The molecule has 0 aliphatic carbocycles. The summed E-state index contributed by atoms with van der Waals surface area (Å²) < 4.78 is 14.3. The second-order valence-electron chi connectivity index (χ2n) is 6.77. The topological polar surface area (TPSA) is 29.3 Å². The molecule has 0 aromatic heterocycles. The van der Waals surface area contributed by atoms with Gasteiger partial charge in [-0.3, -0.25) is 0 Å². The molecule has 1 aliphatic heterocycles. The summed E-state index contributed by atoms with van der Waals surface area (Å²) in [6.45, 7) is 8.52. The number of nitrogens with two attached hydrogens (primary N) is 1. The highest BCUT2D eigenvalue weighted by Crippen LogP contribution is 2.35. The summed E-state index contributed by atoms with van der Waals surface area (Å²) in [6, 6.07) is 5.49. The molecule has 1 heterocycles. The lowest BCUT2D eigenvalue weighted by Crippen LogP contribution is -2.38. The Bertz CT molecular complexity index is 446. The van der Waals surface area contributed by atoms with Crippen LogP contribution in [0.15, 0.2) is 18.2 Å². The van der Waals surface area contributed by atoms with Crippen LogP contribution in [0.2, 0.25) is 0 Å². The van der Waals surface area contributed by atoms with E-state index in [1.165, 1.54) is 0 Å². The maximum absolute atomic E-state index is 14.3. The molecule has 20 heavy (non-hydrogen) atoms. The van der Waals surface area contributed by atoms with Crippen LogP contribution in [-0.2, 0) is 6.42 Å². The van der Waals surface area contributed by atoms with Crippen LogP contribution in [0.4, 0.5) is 10.1 Å². The van der Waals surface area contributed by atoms with Crippen molar-refractivity contribution in [2.45, 2.75) is 52.5 Å². The lowest BCUT2D eigenvalue weighted by atomic mass is 9.82. The molecule has 3 heteroatoms. The summed E-state index contributed by atoms with van der Waals surface area (Å²) in [5.74, 6) is -0.106. The van der Waals surface area contributed by atoms with Gasteiger partial charge in [-0.2, -0.15) is 0 Å². The third-order valence-electron chi connectivity index (χ3n) is 4.51. The number of hydrogen-bond acceptors (Lipinski definition) is 2. The first-order valence-corrected chi connectivity index (χ1v) is 7.71. The molecule has 1 unspecified atom stereocenters. The normalized spacial score (nSPS) is 19.9. The first-order valence-electron chi connectivity index (χ1n) is 7.71. The summed E-state index contributed by atoms with van der Waals surface area (Å²) in [6.07, 6.45) is 3.90. The van der Waals surface area contributed by atoms with E-state index in [0.717, 1.165) is 50.0 Å². The van der Waals surface area contributed by atoms with Crippen LogP contribution in [0.3, 0.4) is 0 Å². The lowest BCUT2D eigenvalue weighted by Gasteiger charge is -2.39. The molecule has 1 fully saturated rings. The summed E-state index contributed by atoms with van der Waals surface area (Å²) in [5.41, 5.74) is 8.27. The molecule has 1 aromatic rings. The van der Waals surface area contributed by atoms with Gasteiger partial charge in [0.1, 0.15) is 5.82 Å². The Labute approximate surface area is 122 Å². The number of hydrogen-bond donors (Lipinski definition) is 1. The fraction of sp³-hybridized carbons (Fsp3) is 0.647. The fourth-order valence-electron chi connectivity index (χ4n) is 2.84. The summed E-state index contributed by atoms with van der Waals surface area (Å²) >= 11 is 0. The van der Waals surface area contributed by atoms with Crippen molar-refractivity contribution < 1.29 is 4.39 Å². The molecule has 0 spiro atoms. The first-order chi connectivity index (χ1) is 9.43. The molecule has 0 bridgehead atoms. The quantitative estimate of drug-likeness (QED) is 0.909. The molecule has 0 radical (unpaired) electrons. The van der Waals surface area contributed by atoms with Crippen molar-refractivity contribution in [2.24, 2.45) is 11.1 Å². The Morgan fingerprint density at radius 1 is 1.30 bits per heavy atom. The average molecular weight is 278 g/mol. The molecular formula is C17H27FN2. The molecule has 2 nitrogen and oxygen atoms in total. The molecule has 1 saturated heterocycles. The smallest absolute Gasteiger partial charge is 0.146 e. The van der Waals surface area contributed by atoms with Crippen LogP contribution in [0.5, 0.6) is 0 Å². The Hall–Kier alpha value is -1.09. The van der Waals surface area contributed by atoms with Gasteiger partial charge >= 0.3 is 0 Å². The minimum atomic E-state index is -0.106. The Morgan fingerprint density at radius 2 is 1.95 bits per heavy atom. The number of para-hydroxylation sites is 1. The first kappa shape index (κ1) is 15.3. The van der Waals surface area contributed by atoms with Gasteiger partial charge in [-0.15, -0.1) is 0 Å². The van der Waals surface area contributed by atoms with E-state index in [0.29, 0.717) is 5.41 Å². The SMILES string of the molecule is CCC(N)Cc1cccc(F)c1N1CCC(C)(C)CC1. The number of rotatable bonds is 4. The minimum absolute atomic E-state index is 0.106. The largest absolute Gasteiger partial charge is 0.369 e. The van der Waals surface area contributed by atoms with Gasteiger partial charge in [-0.25, -0.2) is 4.39 Å². The van der Waals surface area contributed by atoms with Crippen molar-refractivity contribution in [3.8, 4) is 0 Å². The third-order valence-corrected chi connectivity index (χ3v) is 4.51. The minimum Gasteiger partial charge on any atom is -0.369 e. The summed E-state index contributed by atoms with van der Waals surface area (Å²) in [5, 5.41) is 0. The highest BCUT2D eigenvalue weighted by molar-refractivity contribution is 5.55. The Morgan fingerprint density at radius 3 is 2.55 bits per heavy atom. The average Bonchev–Trinajstić information content (AvgIpc) is 2.40. The van der Waals surface area contributed by atoms with Gasteiger partial charge in [0.15, 0.2) is 0 Å². The Kier molecular flexibility index (Phi) is 4.69. The van der Waals surface area contributed by atoms with E-state index in [9.17, 15) is 4.39 Å². The van der Waals surface area contributed by atoms with Gasteiger partial charge in [0.25, 0.3) is 0 Å². The van der Waals surface area contributed by atoms with E-state index in [1.807, 2.05) is 6.07 Å². The van der Waals surface area contributed by atoms with Gasteiger partial charge in [-0.1, -0.05) is 32.9 Å². The molecule has 0 amide bonds. The molecule has 0 saturated carbocycles. The van der Waals surface area contributed by atoms with E-state index in [-0.39, 0.29) is 11.9 Å². The van der Waals surface area contributed by atoms with Crippen molar-refractivity contribution in [3.05, 3.63) is 29.6 Å². The molecule has 1 atom stereocenters. The van der Waals surface area contributed by atoms with E-state index in [4.69, 9.17) is 5.73 Å². The maximum atomic E-state index is 14.3. The zero-order valence-corrected chi connectivity index (χ0v) is 13.0. The van der Waals surface area contributed by atoms with Gasteiger partial charge in [0, 0.05) is 19.1 Å². The third kappa shape index (κ3) is 3.51. The molecule has 112 valence electrons. The zero-order chi connectivity index (χ0) is 14.8. The van der Waals surface area contributed by atoms with E-state index >= 15 is 0 Å². The van der Waals surface area contributed by atoms with Crippen LogP contribution in [0, 0.1) is 11.2 Å². The van der Waals surface area contributed by atoms with Crippen molar-refractivity contribution in [2.75, 3.05) is 18.0 Å². The van der Waals surface area contributed by atoms with E-state index < -0.39 is 0 Å². The van der Waals surface area contributed by atoms with Crippen molar-refractivity contribution in [1.29, 1.82) is 0 Å². The zero-order valence-electron chi connectivity index (χ0n) is 13.0. The standard InChI is InChI=1S/C17H27FN2/c1-4-14(19)12-13-6-5-7-15(18)16(13)20-10-8-17(2,3)9-11-20/h5-7,14H,4,8-12,19H2,1-3H3. The predicted octanol–water partition coefficient (Wildman–Crippen LogP) is 3.73. The van der Waals surface area contributed by atoms with Crippen LogP contribution in [0.25, 0.3) is 0 Å². The number of halogens is 1. The fourth-order valence-corrected chi connectivity index (χ4v) is 2.84. The van der Waals surface area contributed by atoms with Crippen LogP contribution in [-0.4, -0.2) is 19.1 Å². The monoisotopic (exact) mass is 278 g/mol.